The van der Waals surface area contributed by atoms with Gasteiger partial charge in [0.2, 0.25) is 0 Å². The molecule has 0 aromatic heterocycles. The second-order valence-electron chi connectivity index (χ2n) is 2.61. The molecule has 5 N–H and O–H groups in total. The van der Waals surface area contributed by atoms with Gasteiger partial charge in [-0.15, -0.1) is 0 Å². The molecule has 6 nitrogen and oxygen atoms in total. The Balaban J connectivity index is 2.59. The van der Waals surface area contributed by atoms with Crippen LogP contribution in [0.2, 0.25) is 0 Å². The largest absolute Gasteiger partial charge is 0.506 e. The Bertz CT molecular complexity index is 177. The van der Waals surface area contributed by atoms with Gasteiger partial charge in [-0.2, -0.15) is 0 Å². The van der Waals surface area contributed by atoms with Gasteiger partial charge in [0.05, 0.1) is 13.3 Å². The van der Waals surface area contributed by atoms with Crippen LogP contribution in [0.25, 0.3) is 0 Å². The van der Waals surface area contributed by atoms with Crippen LogP contribution in [0, 0.1) is 0 Å². The second-order valence-corrected chi connectivity index (χ2v) is 2.61. The summed E-state index contributed by atoms with van der Waals surface area (Å²) < 4.78 is 0. The molecule has 0 aromatic carbocycles. The molecule has 1 aliphatic heterocycles. The summed E-state index contributed by atoms with van der Waals surface area (Å²) in [6.07, 6.45) is 0. The molecule has 6 heteroatoms. The van der Waals surface area contributed by atoms with Gasteiger partial charge < -0.3 is 15.3 Å². The Hall–Kier alpha value is -0.660. The summed E-state index contributed by atoms with van der Waals surface area (Å²) in [5, 5.41) is 33.1. The zero-order valence-corrected chi connectivity index (χ0v) is 6.62. The second kappa shape index (κ2) is 3.38. The fourth-order valence-electron chi connectivity index (χ4n) is 0.929. The monoisotopic (exact) mass is 175 g/mol. The number of hydrogen-bond acceptors (Lipinski definition) is 6. The highest BCUT2D eigenvalue weighted by Crippen LogP contribution is 2.13. The standard InChI is InChI=1S/C6H13N3O3/c1-5(10)6(11,12)9-3-7-2-8-4-9/h7-8,10-12H,1-4H2. The molecular formula is C6H13N3O3. The van der Waals surface area contributed by atoms with Gasteiger partial charge in [-0.25, -0.2) is 4.90 Å². The highest BCUT2D eigenvalue weighted by molar-refractivity contribution is 4.95. The fourth-order valence-corrected chi connectivity index (χ4v) is 0.929. The Kier molecular flexibility index (Phi) is 2.65. The van der Waals surface area contributed by atoms with Gasteiger partial charge in [-0.3, -0.25) is 10.6 Å². The minimum Gasteiger partial charge on any atom is -0.506 e. The summed E-state index contributed by atoms with van der Waals surface area (Å²) in [4.78, 5) is 1.19. The molecule has 1 rings (SSSR count). The number of aliphatic hydroxyl groups excluding tert-OH is 1. The van der Waals surface area contributed by atoms with Crippen LogP contribution in [0.3, 0.4) is 0 Å². The van der Waals surface area contributed by atoms with Crippen molar-refractivity contribution in [1.29, 1.82) is 0 Å². The smallest absolute Gasteiger partial charge is 0.287 e. The molecule has 1 fully saturated rings. The first-order valence-corrected chi connectivity index (χ1v) is 3.54. The van der Waals surface area contributed by atoms with Gasteiger partial charge in [0, 0.05) is 6.67 Å². The molecule has 0 radical (unpaired) electrons. The van der Waals surface area contributed by atoms with Crippen LogP contribution in [0.4, 0.5) is 0 Å². The molecule has 0 amide bonds. The van der Waals surface area contributed by atoms with E-state index in [1.165, 1.54) is 4.90 Å². The van der Waals surface area contributed by atoms with Crippen molar-refractivity contribution in [1.82, 2.24) is 15.5 Å². The van der Waals surface area contributed by atoms with Crippen LogP contribution in [-0.2, 0) is 0 Å². The maximum Gasteiger partial charge on any atom is 0.287 e. The van der Waals surface area contributed by atoms with Gasteiger partial charge in [0.15, 0.2) is 5.76 Å². The lowest BCUT2D eigenvalue weighted by atomic mass is 10.3. The Labute approximate surface area is 70.1 Å². The van der Waals surface area contributed by atoms with E-state index < -0.39 is 11.7 Å². The summed E-state index contributed by atoms with van der Waals surface area (Å²) in [6.45, 7) is 4.22. The first-order valence-electron chi connectivity index (χ1n) is 3.54. The van der Waals surface area contributed by atoms with Crippen molar-refractivity contribution in [3.8, 4) is 0 Å². The average molecular weight is 175 g/mol. The van der Waals surface area contributed by atoms with E-state index >= 15 is 0 Å². The van der Waals surface area contributed by atoms with Crippen molar-refractivity contribution in [2.24, 2.45) is 0 Å². The summed E-state index contributed by atoms with van der Waals surface area (Å²) in [5.41, 5.74) is 0. The van der Waals surface area contributed by atoms with Crippen LogP contribution in [0.15, 0.2) is 12.3 Å². The topological polar surface area (TPSA) is 88.0 Å². The summed E-state index contributed by atoms with van der Waals surface area (Å²) in [7, 11) is 0. The molecule has 0 atom stereocenters. The SMILES string of the molecule is C=C(O)C(O)(O)N1CNCNC1. The molecule has 0 spiro atoms. The highest BCUT2D eigenvalue weighted by Gasteiger charge is 2.36. The molecule has 0 saturated carbocycles. The molecule has 0 aliphatic carbocycles. The van der Waals surface area contributed by atoms with Crippen LogP contribution < -0.4 is 10.6 Å². The molecule has 1 saturated heterocycles. The summed E-state index contributed by atoms with van der Waals surface area (Å²) in [5.74, 6) is -3.05. The average Bonchev–Trinajstić information content (AvgIpc) is 2.06. The van der Waals surface area contributed by atoms with Crippen LogP contribution in [0.5, 0.6) is 0 Å². The molecule has 0 bridgehead atoms. The Morgan fingerprint density at radius 3 is 2.25 bits per heavy atom. The molecule has 1 aliphatic rings. The molecular weight excluding hydrogens is 162 g/mol. The molecule has 1 heterocycles. The van der Waals surface area contributed by atoms with Crippen LogP contribution >= 0.6 is 0 Å². The Morgan fingerprint density at radius 1 is 1.33 bits per heavy atom. The number of rotatable bonds is 2. The van der Waals surface area contributed by atoms with Crippen molar-refractivity contribution >= 4 is 0 Å². The first kappa shape index (κ1) is 9.43. The van der Waals surface area contributed by atoms with E-state index in [-0.39, 0.29) is 13.3 Å². The van der Waals surface area contributed by atoms with Crippen molar-refractivity contribution in [3.05, 3.63) is 12.3 Å². The lowest BCUT2D eigenvalue weighted by Crippen LogP contribution is -2.61. The molecule has 0 aromatic rings. The summed E-state index contributed by atoms with van der Waals surface area (Å²) in [6, 6.07) is 0. The van der Waals surface area contributed by atoms with E-state index in [9.17, 15) is 10.2 Å². The molecule has 12 heavy (non-hydrogen) atoms. The number of hydrogen-bond donors (Lipinski definition) is 5. The van der Waals surface area contributed by atoms with Crippen molar-refractivity contribution in [2.75, 3.05) is 20.0 Å². The lowest BCUT2D eigenvalue weighted by molar-refractivity contribution is -0.259. The van der Waals surface area contributed by atoms with Crippen molar-refractivity contribution in [2.45, 2.75) is 5.91 Å². The predicted molar refractivity (Wildman–Crippen MR) is 41.6 cm³/mol. The van der Waals surface area contributed by atoms with Crippen LogP contribution in [-0.4, -0.2) is 46.1 Å². The van der Waals surface area contributed by atoms with E-state index in [2.05, 4.69) is 17.2 Å². The summed E-state index contributed by atoms with van der Waals surface area (Å²) >= 11 is 0. The van der Waals surface area contributed by atoms with E-state index in [0.717, 1.165) is 0 Å². The normalized spacial score (nSPS) is 20.8. The third kappa shape index (κ3) is 1.74. The highest BCUT2D eigenvalue weighted by atomic mass is 16.5. The van der Waals surface area contributed by atoms with E-state index in [1.54, 1.807) is 0 Å². The van der Waals surface area contributed by atoms with E-state index in [0.29, 0.717) is 6.67 Å². The van der Waals surface area contributed by atoms with E-state index in [1.807, 2.05) is 0 Å². The van der Waals surface area contributed by atoms with Gasteiger partial charge in [0.1, 0.15) is 0 Å². The predicted octanol–water partition coefficient (Wildman–Crippen LogP) is -1.94. The maximum atomic E-state index is 9.27. The third-order valence-corrected chi connectivity index (χ3v) is 1.68. The van der Waals surface area contributed by atoms with Gasteiger partial charge in [-0.1, -0.05) is 6.58 Å². The number of aliphatic hydroxyl groups is 3. The van der Waals surface area contributed by atoms with Crippen molar-refractivity contribution < 1.29 is 15.3 Å². The maximum absolute atomic E-state index is 9.27. The molecule has 70 valence electrons. The zero-order valence-electron chi connectivity index (χ0n) is 6.62. The minimum absolute atomic E-state index is 0.277. The third-order valence-electron chi connectivity index (χ3n) is 1.68. The zero-order chi connectivity index (χ0) is 9.19. The fraction of sp³-hybridized carbons (Fsp3) is 0.667. The van der Waals surface area contributed by atoms with Gasteiger partial charge >= 0.3 is 0 Å². The van der Waals surface area contributed by atoms with Gasteiger partial charge in [-0.05, 0) is 0 Å². The number of nitrogens with zero attached hydrogens (tertiary/aromatic N) is 1. The molecule has 0 unspecified atom stereocenters. The quantitative estimate of drug-likeness (QED) is 0.248. The Morgan fingerprint density at radius 2 is 1.83 bits per heavy atom. The number of nitrogens with one attached hydrogen (secondary N) is 2. The van der Waals surface area contributed by atoms with Crippen LogP contribution in [0.1, 0.15) is 0 Å². The van der Waals surface area contributed by atoms with Gasteiger partial charge in [0.25, 0.3) is 5.91 Å². The minimum atomic E-state index is -2.36. The first-order chi connectivity index (χ1) is 5.55. The van der Waals surface area contributed by atoms with Crippen molar-refractivity contribution in [3.63, 3.8) is 0 Å². The lowest BCUT2D eigenvalue weighted by Gasteiger charge is -2.36. The van der Waals surface area contributed by atoms with E-state index in [4.69, 9.17) is 5.11 Å².